The monoisotopic (exact) mass is 246 g/mol. The van der Waals surface area contributed by atoms with Crippen molar-refractivity contribution < 1.29 is 0 Å². The van der Waals surface area contributed by atoms with Crippen LogP contribution in [0.15, 0.2) is 0 Å². The summed E-state index contributed by atoms with van der Waals surface area (Å²) in [5, 5.41) is 0. The fourth-order valence-electron chi connectivity index (χ4n) is 5.33. The van der Waals surface area contributed by atoms with Crippen LogP contribution in [0.1, 0.15) is 48.5 Å². The second kappa shape index (κ2) is 4.87. The lowest BCUT2D eigenvalue weighted by molar-refractivity contribution is -0.0750. The topological polar surface area (TPSA) is 0 Å². The first kappa shape index (κ1) is 14.5. The van der Waals surface area contributed by atoms with Crippen molar-refractivity contribution in [2.45, 2.75) is 54.3 Å². The molecule has 102 valence electrons. The summed E-state index contributed by atoms with van der Waals surface area (Å²) in [6, 6.07) is 0. The summed E-state index contributed by atoms with van der Waals surface area (Å²) in [7, 11) is 6.65. The lowest BCUT2D eigenvalue weighted by Gasteiger charge is -2.59. The molecule has 0 amide bonds. The zero-order valence-electron chi connectivity index (χ0n) is 13.4. The predicted molar refractivity (Wildman–Crippen MR) is 80.6 cm³/mol. The Hall–Kier alpha value is 0.0649. The van der Waals surface area contributed by atoms with Gasteiger partial charge in [0.05, 0.1) is 7.85 Å². The lowest BCUT2D eigenvalue weighted by atomic mass is 9.43. The minimum atomic E-state index is 0.411. The molecule has 2 rings (SSSR count). The van der Waals surface area contributed by atoms with E-state index < -0.39 is 0 Å². The largest absolute Gasteiger partial charge is 0.0713 e. The van der Waals surface area contributed by atoms with Crippen LogP contribution in [0.5, 0.6) is 0 Å². The average Bonchev–Trinajstić information content (AvgIpc) is 2.35. The Balaban J connectivity index is 2.36. The van der Waals surface area contributed by atoms with Crippen molar-refractivity contribution in [2.24, 2.45) is 53.3 Å². The molecule has 0 N–H and O–H groups in total. The average molecular weight is 246 g/mol. The predicted octanol–water partition coefficient (Wildman–Crippen LogP) is 4.66. The van der Waals surface area contributed by atoms with Crippen molar-refractivity contribution in [2.75, 3.05) is 0 Å². The molecule has 2 radical (unpaired) electrons. The smallest absolute Gasteiger partial charge is 0.0707 e. The zero-order valence-corrected chi connectivity index (χ0v) is 13.4. The van der Waals surface area contributed by atoms with Gasteiger partial charge in [-0.2, -0.15) is 0 Å². The number of fused-ring (bicyclic) bond motifs is 1. The number of hydrogen-bond donors (Lipinski definition) is 0. The van der Waals surface area contributed by atoms with Gasteiger partial charge in [-0.3, -0.25) is 0 Å². The molecule has 2 saturated carbocycles. The molecule has 2 aliphatic carbocycles. The summed E-state index contributed by atoms with van der Waals surface area (Å²) >= 11 is 0. The molecule has 0 heterocycles. The van der Waals surface area contributed by atoms with E-state index in [0.717, 1.165) is 47.3 Å². The summed E-state index contributed by atoms with van der Waals surface area (Å²) in [4.78, 5) is 0. The van der Waals surface area contributed by atoms with Gasteiger partial charge in [-0.05, 0) is 53.3 Å². The minimum absolute atomic E-state index is 0.411. The molecule has 0 aromatic heterocycles. The zero-order chi connectivity index (χ0) is 13.8. The molecule has 0 aromatic carbocycles. The number of rotatable bonds is 0. The van der Waals surface area contributed by atoms with Crippen LogP contribution in [0.3, 0.4) is 0 Å². The Bertz CT molecular complexity index is 242. The van der Waals surface area contributed by atoms with Crippen LogP contribution < -0.4 is 0 Å². The Morgan fingerprint density at radius 1 is 0.444 bits per heavy atom. The molecule has 0 spiro atoms. The molecule has 2 aliphatic rings. The highest BCUT2D eigenvalue weighted by molar-refractivity contribution is 6.12. The summed E-state index contributed by atoms with van der Waals surface area (Å²) in [5.74, 6) is 7.56. The van der Waals surface area contributed by atoms with Gasteiger partial charge in [0.15, 0.2) is 0 Å². The van der Waals surface area contributed by atoms with Crippen molar-refractivity contribution in [3.63, 3.8) is 0 Å². The van der Waals surface area contributed by atoms with Crippen molar-refractivity contribution in [1.29, 1.82) is 0 Å². The molecule has 0 aromatic rings. The highest BCUT2D eigenvalue weighted by Gasteiger charge is 2.52. The summed E-state index contributed by atoms with van der Waals surface area (Å²) in [6.45, 7) is 17.1. The van der Waals surface area contributed by atoms with Crippen molar-refractivity contribution in [3.8, 4) is 0 Å². The molecule has 0 nitrogen and oxygen atoms in total. The van der Waals surface area contributed by atoms with Crippen LogP contribution in [0.2, 0.25) is 5.82 Å². The Kier molecular flexibility index (Phi) is 3.92. The van der Waals surface area contributed by atoms with E-state index in [9.17, 15) is 0 Å². The third-order valence-electron chi connectivity index (χ3n) is 7.46. The molecule has 0 aliphatic heterocycles. The molecule has 1 heteroatoms. The van der Waals surface area contributed by atoms with Gasteiger partial charge in [0.2, 0.25) is 0 Å². The van der Waals surface area contributed by atoms with E-state index in [-0.39, 0.29) is 0 Å². The second-order valence-corrected chi connectivity index (χ2v) is 7.75. The van der Waals surface area contributed by atoms with E-state index in [1.165, 1.54) is 0 Å². The normalized spacial score (nSPS) is 61.3. The van der Waals surface area contributed by atoms with Crippen LogP contribution >= 0.6 is 0 Å². The van der Waals surface area contributed by atoms with Gasteiger partial charge in [0.25, 0.3) is 0 Å². The third-order valence-corrected chi connectivity index (χ3v) is 7.46. The van der Waals surface area contributed by atoms with E-state index in [0.29, 0.717) is 11.7 Å². The Morgan fingerprint density at radius 3 is 1.22 bits per heavy atom. The van der Waals surface area contributed by atoms with Gasteiger partial charge in [-0.1, -0.05) is 54.3 Å². The summed E-state index contributed by atoms with van der Waals surface area (Å²) in [6.07, 6.45) is 0. The lowest BCUT2D eigenvalue weighted by Crippen LogP contribution is -2.52. The molecule has 10 atom stereocenters. The maximum Gasteiger partial charge on any atom is 0.0707 e. The third kappa shape index (κ3) is 1.88. The molecule has 10 unspecified atom stereocenters. The van der Waals surface area contributed by atoms with Gasteiger partial charge in [-0.15, -0.1) is 0 Å². The molecular formula is C17H31B. The van der Waals surface area contributed by atoms with Crippen LogP contribution in [-0.4, -0.2) is 7.85 Å². The van der Waals surface area contributed by atoms with Crippen molar-refractivity contribution in [3.05, 3.63) is 0 Å². The first-order valence-corrected chi connectivity index (χ1v) is 8.04. The Morgan fingerprint density at radius 2 is 0.778 bits per heavy atom. The minimum Gasteiger partial charge on any atom is -0.0713 e. The van der Waals surface area contributed by atoms with Crippen LogP contribution in [0.25, 0.3) is 0 Å². The van der Waals surface area contributed by atoms with E-state index in [1.807, 2.05) is 0 Å². The van der Waals surface area contributed by atoms with Crippen LogP contribution in [0.4, 0.5) is 0 Å². The first-order chi connectivity index (χ1) is 8.29. The van der Waals surface area contributed by atoms with E-state index >= 15 is 0 Å². The van der Waals surface area contributed by atoms with E-state index in [4.69, 9.17) is 7.85 Å². The summed E-state index contributed by atoms with van der Waals surface area (Å²) < 4.78 is 0. The molecule has 2 fully saturated rings. The maximum absolute atomic E-state index is 6.65. The fourth-order valence-corrected chi connectivity index (χ4v) is 5.33. The quantitative estimate of drug-likeness (QED) is 0.545. The van der Waals surface area contributed by atoms with Crippen LogP contribution in [0, 0.1) is 53.3 Å². The van der Waals surface area contributed by atoms with Crippen molar-refractivity contribution in [1.82, 2.24) is 0 Å². The number of hydrogen-bond acceptors (Lipinski definition) is 0. The molecule has 0 saturated heterocycles. The van der Waals surface area contributed by atoms with Crippen molar-refractivity contribution >= 4 is 7.85 Å². The maximum atomic E-state index is 6.65. The SMILES string of the molecule is [B]C1C(C)C(C)C(C)C2C(C)C(C)C(C)C(C)C12. The summed E-state index contributed by atoms with van der Waals surface area (Å²) in [5.41, 5.74) is 0. The molecular weight excluding hydrogens is 215 g/mol. The van der Waals surface area contributed by atoms with Crippen LogP contribution in [-0.2, 0) is 0 Å². The fraction of sp³-hybridized carbons (Fsp3) is 1.00. The van der Waals surface area contributed by atoms with Gasteiger partial charge in [0, 0.05) is 0 Å². The van der Waals surface area contributed by atoms with Gasteiger partial charge in [0.1, 0.15) is 0 Å². The standard InChI is InChI=1S/C17H31B/c1-8-9(2)13(6)16-15(11(8)4)12(5)10(3)14(7)17(16)18/h8-17H,1-7H3. The second-order valence-electron chi connectivity index (χ2n) is 7.75. The Labute approximate surface area is 116 Å². The van der Waals surface area contributed by atoms with E-state index in [1.54, 1.807) is 0 Å². The highest BCUT2D eigenvalue weighted by atomic mass is 14.6. The van der Waals surface area contributed by atoms with Gasteiger partial charge in [-0.25, -0.2) is 0 Å². The molecule has 18 heavy (non-hydrogen) atoms. The van der Waals surface area contributed by atoms with Gasteiger partial charge >= 0.3 is 0 Å². The highest BCUT2D eigenvalue weighted by Crippen LogP contribution is 2.59. The van der Waals surface area contributed by atoms with E-state index in [2.05, 4.69) is 48.5 Å². The molecule has 0 bridgehead atoms. The first-order valence-electron chi connectivity index (χ1n) is 8.04. The van der Waals surface area contributed by atoms with Gasteiger partial charge < -0.3 is 0 Å².